The predicted octanol–water partition coefficient (Wildman–Crippen LogP) is 2.27. The molecule has 0 spiro atoms. The lowest BCUT2D eigenvalue weighted by molar-refractivity contribution is -0.121. The van der Waals surface area contributed by atoms with Crippen LogP contribution < -0.4 is 27.4 Å². The minimum Gasteiger partial charge on any atom is -0.451 e. The second-order valence-corrected chi connectivity index (χ2v) is 9.72. The Morgan fingerprint density at radius 2 is 1.77 bits per heavy atom. The van der Waals surface area contributed by atoms with Gasteiger partial charge in [-0.25, -0.2) is 14.3 Å². The first kappa shape index (κ1) is 29.3. The highest BCUT2D eigenvalue weighted by Crippen LogP contribution is 2.20. The average Bonchev–Trinajstić information content (AvgIpc) is 2.90. The number of nitrogens with two attached hydrogens (primary N) is 1. The van der Waals surface area contributed by atoms with Crippen LogP contribution in [0.25, 0.3) is 10.8 Å². The van der Waals surface area contributed by atoms with E-state index in [4.69, 9.17) is 10.5 Å². The Bertz CT molecular complexity index is 1520. The summed E-state index contributed by atoms with van der Waals surface area (Å²) in [6.45, 7) is 7.75. The number of ether oxygens (including phenoxy) is 1. The number of aromatic amines is 1. The molecule has 0 aliphatic heterocycles. The number of hydrogen-bond donors (Lipinski definition) is 2. The maximum atomic E-state index is 13.4. The number of H-pyrrole nitrogens is 1. The minimum absolute atomic E-state index is 0.0920. The molecule has 12 nitrogen and oxygen atoms in total. The molecule has 210 valence electrons. The molecule has 2 heterocycles. The van der Waals surface area contributed by atoms with E-state index in [1.54, 1.807) is 24.3 Å². The van der Waals surface area contributed by atoms with E-state index in [0.29, 0.717) is 36.6 Å². The highest BCUT2D eigenvalue weighted by Gasteiger charge is 2.26. The third kappa shape index (κ3) is 6.62. The summed E-state index contributed by atoms with van der Waals surface area (Å²) >= 11 is 0. The van der Waals surface area contributed by atoms with Crippen LogP contribution >= 0.6 is 0 Å². The van der Waals surface area contributed by atoms with Crippen molar-refractivity contribution >= 4 is 34.2 Å². The van der Waals surface area contributed by atoms with Crippen molar-refractivity contribution in [3.63, 3.8) is 0 Å². The number of anilines is 2. The van der Waals surface area contributed by atoms with Gasteiger partial charge in [-0.1, -0.05) is 52.3 Å². The smallest absolute Gasteiger partial charge is 0.359 e. The van der Waals surface area contributed by atoms with Gasteiger partial charge in [-0.15, -0.1) is 0 Å². The number of rotatable bonds is 12. The maximum Gasteiger partial charge on any atom is 0.359 e. The van der Waals surface area contributed by atoms with E-state index < -0.39 is 29.7 Å². The highest BCUT2D eigenvalue weighted by molar-refractivity contribution is 6.03. The van der Waals surface area contributed by atoms with E-state index in [-0.39, 0.29) is 41.8 Å². The summed E-state index contributed by atoms with van der Waals surface area (Å²) < 4.78 is 7.78. The Hall–Kier alpha value is -4.22. The first-order valence-corrected chi connectivity index (χ1v) is 13.2. The second kappa shape index (κ2) is 13.0. The lowest BCUT2D eigenvalue weighted by Gasteiger charge is -2.25. The third-order valence-electron chi connectivity index (χ3n) is 6.27. The fourth-order valence-corrected chi connectivity index (χ4v) is 4.15. The molecule has 0 aliphatic carbocycles. The van der Waals surface area contributed by atoms with Crippen molar-refractivity contribution in [2.24, 2.45) is 5.92 Å². The normalized spacial score (nSPS) is 11.2. The molecule has 0 bridgehead atoms. The summed E-state index contributed by atoms with van der Waals surface area (Å²) in [7, 11) is 0. The van der Waals surface area contributed by atoms with Crippen molar-refractivity contribution in [2.45, 2.75) is 66.5 Å². The second-order valence-electron chi connectivity index (χ2n) is 9.72. The maximum absolute atomic E-state index is 13.4. The standard InChI is InChI=1S/C27H36N6O6/c1-5-7-14-32-23(28)22(24(35)29-27(32)38)31(15-12-17(3)4)20(34)16-39-26(37)21-18-10-8-9-11-19(18)25(36)33(30-21)13-6-2/h8-11,17H,5-7,12-16,28H2,1-4H3,(H,29,35,38). The molecule has 0 fully saturated rings. The van der Waals surface area contributed by atoms with E-state index in [1.807, 2.05) is 27.7 Å². The molecule has 3 rings (SSSR count). The van der Waals surface area contributed by atoms with Crippen molar-refractivity contribution < 1.29 is 14.3 Å². The molecule has 1 amide bonds. The van der Waals surface area contributed by atoms with Crippen LogP contribution in [-0.2, 0) is 22.6 Å². The zero-order valence-electron chi connectivity index (χ0n) is 22.9. The summed E-state index contributed by atoms with van der Waals surface area (Å²) in [5.41, 5.74) is 4.21. The summed E-state index contributed by atoms with van der Waals surface area (Å²) in [5.74, 6) is -1.51. The number of aromatic nitrogens is 4. The molecule has 0 unspecified atom stereocenters. The lowest BCUT2D eigenvalue weighted by Crippen LogP contribution is -2.43. The van der Waals surface area contributed by atoms with Crippen LogP contribution in [0, 0.1) is 5.92 Å². The number of amides is 1. The van der Waals surface area contributed by atoms with Crippen molar-refractivity contribution in [3.05, 3.63) is 61.2 Å². The van der Waals surface area contributed by atoms with Gasteiger partial charge in [0.2, 0.25) is 0 Å². The van der Waals surface area contributed by atoms with Crippen LogP contribution in [0.2, 0.25) is 0 Å². The van der Waals surface area contributed by atoms with Gasteiger partial charge in [0.05, 0.1) is 5.39 Å². The molecule has 0 atom stereocenters. The number of nitrogen functional groups attached to an aromatic ring is 1. The molecule has 1 aromatic carbocycles. The van der Waals surface area contributed by atoms with Gasteiger partial charge in [0.1, 0.15) is 5.82 Å². The quantitative estimate of drug-likeness (QED) is 0.331. The van der Waals surface area contributed by atoms with Gasteiger partial charge in [0, 0.05) is 25.0 Å². The molecule has 0 radical (unpaired) electrons. The van der Waals surface area contributed by atoms with Crippen LogP contribution in [0.3, 0.4) is 0 Å². The number of carbonyl (C=O) groups excluding carboxylic acids is 2. The van der Waals surface area contributed by atoms with Crippen molar-refractivity contribution in [2.75, 3.05) is 23.8 Å². The average molecular weight is 541 g/mol. The van der Waals surface area contributed by atoms with Gasteiger partial charge in [0.25, 0.3) is 17.0 Å². The van der Waals surface area contributed by atoms with Gasteiger partial charge in [-0.2, -0.15) is 5.10 Å². The van der Waals surface area contributed by atoms with Crippen molar-refractivity contribution in [1.82, 2.24) is 19.3 Å². The number of nitrogens with zero attached hydrogens (tertiary/aromatic N) is 4. The Balaban J connectivity index is 1.95. The molecule has 0 saturated heterocycles. The molecule has 3 N–H and O–H groups in total. The summed E-state index contributed by atoms with van der Waals surface area (Å²) in [6, 6.07) is 6.55. The lowest BCUT2D eigenvalue weighted by atomic mass is 10.1. The Morgan fingerprint density at radius 3 is 2.41 bits per heavy atom. The van der Waals surface area contributed by atoms with Gasteiger partial charge in [0.15, 0.2) is 18.0 Å². The molecule has 0 saturated carbocycles. The summed E-state index contributed by atoms with van der Waals surface area (Å²) in [5, 5.41) is 4.82. The van der Waals surface area contributed by atoms with Gasteiger partial charge in [-0.05, 0) is 31.2 Å². The van der Waals surface area contributed by atoms with E-state index in [1.165, 1.54) is 9.25 Å². The fraction of sp³-hybridized carbons (Fsp3) is 0.481. The number of aryl methyl sites for hydroxylation is 1. The van der Waals surface area contributed by atoms with Crippen LogP contribution in [0.5, 0.6) is 0 Å². The Labute approximate surface area is 225 Å². The molecular formula is C27H36N6O6. The van der Waals surface area contributed by atoms with Gasteiger partial charge >= 0.3 is 11.7 Å². The fourth-order valence-electron chi connectivity index (χ4n) is 4.15. The van der Waals surface area contributed by atoms with E-state index in [9.17, 15) is 24.0 Å². The summed E-state index contributed by atoms with van der Waals surface area (Å²) in [4.78, 5) is 67.8. The Kier molecular flexibility index (Phi) is 9.80. The number of fused-ring (bicyclic) bond motifs is 1. The van der Waals surface area contributed by atoms with Gasteiger partial charge in [-0.3, -0.25) is 23.9 Å². The zero-order chi connectivity index (χ0) is 28.7. The largest absolute Gasteiger partial charge is 0.451 e. The number of benzene rings is 1. The van der Waals surface area contributed by atoms with Crippen LogP contribution in [0.15, 0.2) is 38.6 Å². The van der Waals surface area contributed by atoms with E-state index >= 15 is 0 Å². The van der Waals surface area contributed by atoms with Crippen LogP contribution in [0.1, 0.15) is 63.9 Å². The Morgan fingerprint density at radius 1 is 1.08 bits per heavy atom. The van der Waals surface area contributed by atoms with Crippen LogP contribution in [0.4, 0.5) is 11.5 Å². The number of unbranched alkanes of at least 4 members (excludes halogenated alkanes) is 1. The monoisotopic (exact) mass is 540 g/mol. The molecule has 2 aromatic heterocycles. The minimum atomic E-state index is -0.886. The van der Waals surface area contributed by atoms with Gasteiger partial charge < -0.3 is 15.4 Å². The molecule has 0 aliphatic rings. The van der Waals surface area contributed by atoms with E-state index in [2.05, 4.69) is 10.1 Å². The number of nitrogens with one attached hydrogen (secondary N) is 1. The highest BCUT2D eigenvalue weighted by atomic mass is 16.5. The SMILES string of the molecule is CCCCn1c(N)c(N(CCC(C)C)C(=O)COC(=O)c2nn(CCC)c(=O)c3ccccc23)c(=O)[nH]c1=O. The number of hydrogen-bond acceptors (Lipinski definition) is 8. The van der Waals surface area contributed by atoms with Crippen LogP contribution in [-0.4, -0.2) is 44.4 Å². The first-order chi connectivity index (χ1) is 18.6. The number of carbonyl (C=O) groups is 2. The van der Waals surface area contributed by atoms with Crippen molar-refractivity contribution in [3.8, 4) is 0 Å². The predicted molar refractivity (Wildman–Crippen MR) is 149 cm³/mol. The van der Waals surface area contributed by atoms with Crippen molar-refractivity contribution in [1.29, 1.82) is 0 Å². The topological polar surface area (TPSA) is 162 Å². The molecule has 3 aromatic rings. The zero-order valence-corrected chi connectivity index (χ0v) is 22.9. The van der Waals surface area contributed by atoms with E-state index in [0.717, 1.165) is 11.3 Å². The molecule has 12 heteroatoms. The third-order valence-corrected chi connectivity index (χ3v) is 6.27. The first-order valence-electron chi connectivity index (χ1n) is 13.2. The summed E-state index contributed by atoms with van der Waals surface area (Å²) in [6.07, 6.45) is 2.59. The molecule has 39 heavy (non-hydrogen) atoms. The molecular weight excluding hydrogens is 504 g/mol. The number of esters is 1.